The van der Waals surface area contributed by atoms with Gasteiger partial charge in [0, 0.05) is 24.0 Å². The van der Waals surface area contributed by atoms with E-state index in [0.29, 0.717) is 23.9 Å². The highest BCUT2D eigenvalue weighted by molar-refractivity contribution is 7.99. The monoisotopic (exact) mass is 497 g/mol. The summed E-state index contributed by atoms with van der Waals surface area (Å²) in [5, 5.41) is 13.2. The van der Waals surface area contributed by atoms with Crippen molar-refractivity contribution in [3.63, 3.8) is 0 Å². The van der Waals surface area contributed by atoms with Crippen molar-refractivity contribution in [2.24, 2.45) is 5.92 Å². The van der Waals surface area contributed by atoms with Gasteiger partial charge in [-0.3, -0.25) is 24.6 Å². The number of hydrogen-bond donors (Lipinski definition) is 2. The van der Waals surface area contributed by atoms with Crippen molar-refractivity contribution in [3.05, 3.63) is 24.5 Å². The summed E-state index contributed by atoms with van der Waals surface area (Å²) in [6.07, 6.45) is 12.0. The molecule has 2 aromatic rings. The van der Waals surface area contributed by atoms with Gasteiger partial charge in [-0.05, 0) is 43.7 Å². The SMILES string of the molecule is C[C@H]1CCCC[C@H]1n1c(SCC(=O)NN2C(=O)NC3(CCCCC3)C2=O)nnc1-c1cccnc1. The van der Waals surface area contributed by atoms with Crippen LogP contribution in [0.4, 0.5) is 4.79 Å². The maximum absolute atomic E-state index is 12.9. The Labute approximate surface area is 208 Å². The number of nitrogens with zero attached hydrogens (tertiary/aromatic N) is 5. The lowest BCUT2D eigenvalue weighted by Gasteiger charge is -2.31. The Morgan fingerprint density at radius 3 is 2.71 bits per heavy atom. The van der Waals surface area contributed by atoms with E-state index in [1.54, 1.807) is 12.4 Å². The zero-order valence-electron chi connectivity index (χ0n) is 19.9. The lowest BCUT2D eigenvalue weighted by molar-refractivity contribution is -0.139. The second-order valence-corrected chi connectivity index (χ2v) is 10.7. The van der Waals surface area contributed by atoms with E-state index in [0.717, 1.165) is 54.9 Å². The number of thioether (sulfide) groups is 1. The summed E-state index contributed by atoms with van der Waals surface area (Å²) in [6.45, 7) is 2.25. The van der Waals surface area contributed by atoms with Gasteiger partial charge in [-0.15, -0.1) is 10.2 Å². The van der Waals surface area contributed by atoms with Crippen LogP contribution < -0.4 is 10.7 Å². The molecule has 2 atom stereocenters. The first-order chi connectivity index (χ1) is 17.0. The van der Waals surface area contributed by atoms with Crippen molar-refractivity contribution < 1.29 is 14.4 Å². The maximum atomic E-state index is 12.9. The third-order valence-corrected chi connectivity index (χ3v) is 8.36. The fraction of sp³-hybridized carbons (Fsp3) is 0.583. The van der Waals surface area contributed by atoms with Crippen molar-refractivity contribution in [1.29, 1.82) is 0 Å². The first-order valence-corrected chi connectivity index (χ1v) is 13.4. The molecule has 2 saturated carbocycles. The largest absolute Gasteiger partial charge is 0.344 e. The second-order valence-electron chi connectivity index (χ2n) is 9.78. The molecule has 0 radical (unpaired) electrons. The molecule has 2 N–H and O–H groups in total. The van der Waals surface area contributed by atoms with Crippen LogP contribution in [-0.2, 0) is 9.59 Å². The second kappa shape index (κ2) is 9.96. The van der Waals surface area contributed by atoms with Gasteiger partial charge < -0.3 is 5.32 Å². The lowest BCUT2D eigenvalue weighted by Crippen LogP contribution is -2.51. The number of carbonyl (C=O) groups excluding carboxylic acids is 3. The van der Waals surface area contributed by atoms with Crippen LogP contribution in [-0.4, -0.2) is 53.9 Å². The van der Waals surface area contributed by atoms with Gasteiger partial charge in [-0.25, -0.2) is 4.79 Å². The molecule has 0 bridgehead atoms. The van der Waals surface area contributed by atoms with Gasteiger partial charge in [0.05, 0.1) is 5.75 Å². The molecule has 4 amide bonds. The third-order valence-electron chi connectivity index (χ3n) is 7.42. The lowest BCUT2D eigenvalue weighted by atomic mass is 9.82. The zero-order valence-corrected chi connectivity index (χ0v) is 20.7. The van der Waals surface area contributed by atoms with Crippen LogP contribution in [0.3, 0.4) is 0 Å². The Hall–Kier alpha value is -2.95. The highest BCUT2D eigenvalue weighted by Gasteiger charge is 2.52. The molecule has 3 aliphatic rings. The van der Waals surface area contributed by atoms with E-state index in [-0.39, 0.29) is 17.7 Å². The topological polar surface area (TPSA) is 122 Å². The third kappa shape index (κ3) is 4.65. The van der Waals surface area contributed by atoms with Crippen molar-refractivity contribution in [2.75, 3.05) is 5.75 Å². The number of aromatic nitrogens is 4. The first-order valence-electron chi connectivity index (χ1n) is 12.4. The molecule has 2 aromatic heterocycles. The minimum atomic E-state index is -0.869. The Bertz CT molecular complexity index is 1100. The molecule has 11 heteroatoms. The predicted octanol–water partition coefficient (Wildman–Crippen LogP) is 3.47. The first kappa shape index (κ1) is 23.8. The summed E-state index contributed by atoms with van der Waals surface area (Å²) < 4.78 is 2.14. The molecule has 5 rings (SSSR count). The highest BCUT2D eigenvalue weighted by Crippen LogP contribution is 2.39. The van der Waals surface area contributed by atoms with E-state index in [9.17, 15) is 14.4 Å². The van der Waals surface area contributed by atoms with E-state index in [4.69, 9.17) is 0 Å². The van der Waals surface area contributed by atoms with Gasteiger partial charge in [0.15, 0.2) is 11.0 Å². The molecule has 1 spiro atoms. The Kier molecular flexibility index (Phi) is 6.77. The van der Waals surface area contributed by atoms with E-state index < -0.39 is 17.5 Å². The maximum Gasteiger partial charge on any atom is 0.344 e. The number of nitrogens with one attached hydrogen (secondary N) is 2. The highest BCUT2D eigenvalue weighted by atomic mass is 32.2. The summed E-state index contributed by atoms with van der Waals surface area (Å²) >= 11 is 1.27. The minimum Gasteiger partial charge on any atom is -0.322 e. The number of rotatable bonds is 6. The normalized spacial score (nSPS) is 24.0. The summed E-state index contributed by atoms with van der Waals surface area (Å²) in [5.41, 5.74) is 2.52. The van der Waals surface area contributed by atoms with Crippen LogP contribution in [0.2, 0.25) is 0 Å². The van der Waals surface area contributed by atoms with Crippen molar-refractivity contribution in [2.45, 2.75) is 81.4 Å². The van der Waals surface area contributed by atoms with Gasteiger partial charge in [-0.1, -0.05) is 50.8 Å². The molecule has 2 aliphatic carbocycles. The quantitative estimate of drug-likeness (QED) is 0.463. The summed E-state index contributed by atoms with van der Waals surface area (Å²) in [5.74, 6) is 0.421. The molecule has 1 saturated heterocycles. The van der Waals surface area contributed by atoms with Crippen LogP contribution >= 0.6 is 11.8 Å². The molecule has 3 fully saturated rings. The average molecular weight is 498 g/mol. The van der Waals surface area contributed by atoms with Crippen LogP contribution in [0, 0.1) is 5.92 Å². The number of amides is 4. The Balaban J connectivity index is 1.30. The fourth-order valence-electron chi connectivity index (χ4n) is 5.55. The average Bonchev–Trinajstić information content (AvgIpc) is 3.39. The van der Waals surface area contributed by atoms with Gasteiger partial charge in [0.2, 0.25) is 5.91 Å². The number of imide groups is 1. The van der Waals surface area contributed by atoms with Crippen LogP contribution in [0.1, 0.15) is 70.8 Å². The molecular formula is C24H31N7O3S. The van der Waals surface area contributed by atoms with E-state index >= 15 is 0 Å². The number of hydrazine groups is 1. The summed E-state index contributed by atoms with van der Waals surface area (Å²) in [7, 11) is 0. The predicted molar refractivity (Wildman–Crippen MR) is 130 cm³/mol. The van der Waals surface area contributed by atoms with E-state index in [1.807, 2.05) is 12.1 Å². The Morgan fingerprint density at radius 1 is 1.17 bits per heavy atom. The fourth-order valence-corrected chi connectivity index (χ4v) is 6.33. The van der Waals surface area contributed by atoms with Crippen molar-refractivity contribution >= 4 is 29.6 Å². The molecule has 3 heterocycles. The molecule has 0 aromatic carbocycles. The summed E-state index contributed by atoms with van der Waals surface area (Å²) in [4.78, 5) is 42.4. The summed E-state index contributed by atoms with van der Waals surface area (Å²) in [6, 6.07) is 3.50. The van der Waals surface area contributed by atoms with E-state index in [2.05, 4.69) is 37.4 Å². The van der Waals surface area contributed by atoms with Gasteiger partial charge >= 0.3 is 6.03 Å². The Morgan fingerprint density at radius 2 is 1.97 bits per heavy atom. The van der Waals surface area contributed by atoms with Gasteiger partial charge in [0.1, 0.15) is 5.54 Å². The molecular weight excluding hydrogens is 466 g/mol. The molecule has 1 aliphatic heterocycles. The number of urea groups is 1. The van der Waals surface area contributed by atoms with Gasteiger partial charge in [0.25, 0.3) is 5.91 Å². The standard InChI is InChI=1S/C24H31N7O3S/c1-16-8-3-4-10-18(16)30-20(17-9-7-13-25-14-17)27-28-23(30)35-15-19(32)29-31-21(33)24(26-22(31)34)11-5-2-6-12-24/h7,9,13-14,16,18H,2-6,8,10-12,15H2,1H3,(H,26,34)(H,29,32)/t16-,18+/m0/s1. The van der Waals surface area contributed by atoms with Crippen LogP contribution in [0.25, 0.3) is 11.4 Å². The van der Waals surface area contributed by atoms with Crippen molar-refractivity contribution in [1.82, 2.24) is 35.5 Å². The molecule has 35 heavy (non-hydrogen) atoms. The van der Waals surface area contributed by atoms with Crippen LogP contribution in [0.15, 0.2) is 29.7 Å². The van der Waals surface area contributed by atoms with Gasteiger partial charge in [-0.2, -0.15) is 5.01 Å². The van der Waals surface area contributed by atoms with Crippen LogP contribution in [0.5, 0.6) is 0 Å². The van der Waals surface area contributed by atoms with E-state index in [1.165, 1.54) is 18.2 Å². The number of hydrogen-bond acceptors (Lipinski definition) is 7. The molecule has 0 unspecified atom stereocenters. The smallest absolute Gasteiger partial charge is 0.322 e. The minimum absolute atomic E-state index is 0.0103. The number of pyridine rings is 1. The number of carbonyl (C=O) groups is 3. The molecule has 10 nitrogen and oxygen atoms in total. The van der Waals surface area contributed by atoms with Crippen molar-refractivity contribution in [3.8, 4) is 11.4 Å². The zero-order chi connectivity index (χ0) is 24.4. The molecule has 186 valence electrons.